The van der Waals surface area contributed by atoms with Crippen LogP contribution in [0.15, 0.2) is 32.6 Å². The fourth-order valence-electron chi connectivity index (χ4n) is 3.37. The Hall–Kier alpha value is -2.75. The molecule has 156 valence electrons. The molecule has 3 rings (SSSR count). The summed E-state index contributed by atoms with van der Waals surface area (Å²) in [7, 11) is 1.58. The lowest BCUT2D eigenvalue weighted by molar-refractivity contribution is -0.126. The number of amidine groups is 2. The van der Waals surface area contributed by atoms with Gasteiger partial charge in [0.05, 0.1) is 17.9 Å². The third-order valence-corrected chi connectivity index (χ3v) is 5.50. The van der Waals surface area contributed by atoms with Crippen LogP contribution in [0, 0.1) is 5.92 Å². The van der Waals surface area contributed by atoms with Gasteiger partial charge in [-0.1, -0.05) is 13.0 Å². The number of ether oxygens (including phenoxy) is 1. The highest BCUT2D eigenvalue weighted by Crippen LogP contribution is 2.30. The highest BCUT2D eigenvalue weighted by molar-refractivity contribution is 7.85. The molecule has 0 aliphatic carbocycles. The molecule has 0 saturated carbocycles. The largest absolute Gasteiger partial charge is 0.492 e. The standard InChI is InChI=1S/C19H26N6O3S/c1-3-9-22-18(21-2)19(26)25-10-5-6-13(11-25)12-28-15-8-4-7-14-16(15)17(20)24-29(27)23-14/h4,7-9,13,23H,3,5-6,10-12H2,1-2H3,(H2,20,24). The summed E-state index contributed by atoms with van der Waals surface area (Å²) >= 11 is -1.58. The van der Waals surface area contributed by atoms with E-state index in [1.807, 2.05) is 19.1 Å². The van der Waals surface area contributed by atoms with Crippen LogP contribution < -0.4 is 15.2 Å². The van der Waals surface area contributed by atoms with Gasteiger partial charge in [-0.15, -0.1) is 0 Å². The van der Waals surface area contributed by atoms with Crippen LogP contribution in [-0.2, 0) is 16.0 Å². The average Bonchev–Trinajstić information content (AvgIpc) is 2.72. The van der Waals surface area contributed by atoms with E-state index in [4.69, 9.17) is 10.5 Å². The Balaban J connectivity index is 1.65. The fourth-order valence-corrected chi connectivity index (χ4v) is 4.05. The molecule has 1 aromatic carbocycles. The Morgan fingerprint density at radius 3 is 3.10 bits per heavy atom. The average molecular weight is 419 g/mol. The Bertz CT molecular complexity index is 883. The van der Waals surface area contributed by atoms with Gasteiger partial charge in [0.2, 0.25) is 17.0 Å². The van der Waals surface area contributed by atoms with Crippen LogP contribution in [0.1, 0.15) is 31.7 Å². The van der Waals surface area contributed by atoms with Crippen molar-refractivity contribution >= 4 is 40.7 Å². The molecular weight excluding hydrogens is 392 g/mol. The number of piperidine rings is 1. The predicted octanol–water partition coefficient (Wildman–Crippen LogP) is 1.52. The first-order valence-electron chi connectivity index (χ1n) is 9.61. The molecule has 3 N–H and O–H groups in total. The van der Waals surface area contributed by atoms with Crippen LogP contribution in [0.4, 0.5) is 5.69 Å². The number of nitrogens with two attached hydrogens (primary N) is 1. The minimum Gasteiger partial charge on any atom is -0.492 e. The molecule has 1 aromatic rings. The first-order chi connectivity index (χ1) is 14.0. The van der Waals surface area contributed by atoms with Crippen molar-refractivity contribution in [2.75, 3.05) is 31.5 Å². The van der Waals surface area contributed by atoms with Gasteiger partial charge in [-0.3, -0.25) is 14.5 Å². The van der Waals surface area contributed by atoms with Crippen LogP contribution in [0.25, 0.3) is 0 Å². The van der Waals surface area contributed by atoms with E-state index in [1.54, 1.807) is 24.2 Å². The number of amides is 1. The summed E-state index contributed by atoms with van der Waals surface area (Å²) in [6, 6.07) is 5.40. The lowest BCUT2D eigenvalue weighted by Gasteiger charge is -2.32. The molecule has 29 heavy (non-hydrogen) atoms. The van der Waals surface area contributed by atoms with Gasteiger partial charge in [0.25, 0.3) is 5.91 Å². The zero-order valence-corrected chi connectivity index (χ0v) is 17.4. The second kappa shape index (κ2) is 9.64. The van der Waals surface area contributed by atoms with Crippen molar-refractivity contribution in [3.63, 3.8) is 0 Å². The summed E-state index contributed by atoms with van der Waals surface area (Å²) in [6.07, 6.45) is 4.29. The number of nitrogens with one attached hydrogen (secondary N) is 1. The van der Waals surface area contributed by atoms with Gasteiger partial charge in [-0.2, -0.15) is 4.40 Å². The lowest BCUT2D eigenvalue weighted by Crippen LogP contribution is -2.44. The van der Waals surface area contributed by atoms with E-state index in [1.165, 1.54) is 0 Å². The van der Waals surface area contributed by atoms with Crippen molar-refractivity contribution < 1.29 is 13.7 Å². The molecule has 2 aliphatic rings. The highest BCUT2D eigenvalue weighted by atomic mass is 32.2. The first-order valence-corrected chi connectivity index (χ1v) is 10.7. The second-order valence-corrected chi connectivity index (χ2v) is 7.73. The van der Waals surface area contributed by atoms with Crippen molar-refractivity contribution in [1.29, 1.82) is 0 Å². The minimum absolute atomic E-state index is 0.151. The molecule has 10 heteroatoms. The van der Waals surface area contributed by atoms with E-state index in [0.717, 1.165) is 19.3 Å². The number of aliphatic imine (C=N–C) groups is 2. The zero-order chi connectivity index (χ0) is 20.8. The second-order valence-electron chi connectivity index (χ2n) is 6.84. The Morgan fingerprint density at radius 2 is 2.34 bits per heavy atom. The molecule has 0 radical (unpaired) electrons. The highest BCUT2D eigenvalue weighted by Gasteiger charge is 2.27. The molecule has 1 amide bonds. The van der Waals surface area contributed by atoms with Crippen LogP contribution in [0.2, 0.25) is 0 Å². The van der Waals surface area contributed by atoms with Gasteiger partial charge < -0.3 is 15.4 Å². The predicted molar refractivity (Wildman–Crippen MR) is 116 cm³/mol. The smallest absolute Gasteiger partial charge is 0.291 e. The van der Waals surface area contributed by atoms with Crippen molar-refractivity contribution in [3.05, 3.63) is 23.8 Å². The van der Waals surface area contributed by atoms with E-state index in [9.17, 15) is 9.00 Å². The topological polar surface area (TPSA) is 122 Å². The monoisotopic (exact) mass is 418 g/mol. The van der Waals surface area contributed by atoms with Crippen LogP contribution in [0.3, 0.4) is 0 Å². The van der Waals surface area contributed by atoms with E-state index in [2.05, 4.69) is 19.1 Å². The number of fused-ring (bicyclic) bond motifs is 1. The summed E-state index contributed by atoms with van der Waals surface area (Å²) in [5, 5.41) is 0. The number of anilines is 1. The molecule has 1 saturated heterocycles. The number of rotatable bonds is 4. The van der Waals surface area contributed by atoms with E-state index < -0.39 is 11.2 Å². The summed E-state index contributed by atoms with van der Waals surface area (Å²) < 4.78 is 24.3. The summed E-state index contributed by atoms with van der Waals surface area (Å²) in [6.45, 7) is 3.67. The number of benzene rings is 1. The quantitative estimate of drug-likeness (QED) is 0.569. The maximum Gasteiger partial charge on any atom is 0.291 e. The summed E-state index contributed by atoms with van der Waals surface area (Å²) in [5.41, 5.74) is 7.20. The Kier molecular flexibility index (Phi) is 6.97. The Morgan fingerprint density at radius 1 is 1.52 bits per heavy atom. The molecule has 9 nitrogen and oxygen atoms in total. The maximum absolute atomic E-state index is 12.7. The lowest BCUT2D eigenvalue weighted by atomic mass is 9.98. The maximum atomic E-state index is 12.7. The number of hydrogen-bond acceptors (Lipinski definition) is 5. The van der Waals surface area contributed by atoms with E-state index in [0.29, 0.717) is 36.7 Å². The molecule has 2 aliphatic heterocycles. The van der Waals surface area contributed by atoms with Crippen molar-refractivity contribution in [3.8, 4) is 5.75 Å². The molecule has 2 atom stereocenters. The van der Waals surface area contributed by atoms with E-state index >= 15 is 0 Å². The summed E-state index contributed by atoms with van der Waals surface area (Å²) in [4.78, 5) is 22.7. The van der Waals surface area contributed by atoms with Crippen LogP contribution in [0.5, 0.6) is 5.75 Å². The van der Waals surface area contributed by atoms with Gasteiger partial charge in [-0.05, 0) is 31.4 Å². The van der Waals surface area contributed by atoms with Gasteiger partial charge in [0, 0.05) is 32.3 Å². The van der Waals surface area contributed by atoms with E-state index in [-0.39, 0.29) is 23.5 Å². The number of carbonyl (C=O) groups excluding carboxylic acids is 1. The van der Waals surface area contributed by atoms with Crippen LogP contribution >= 0.6 is 0 Å². The molecule has 2 heterocycles. The van der Waals surface area contributed by atoms with Crippen molar-refractivity contribution in [1.82, 2.24) is 4.90 Å². The molecule has 1 fully saturated rings. The fraction of sp³-hybridized carbons (Fsp3) is 0.474. The molecule has 2 unspecified atom stereocenters. The van der Waals surface area contributed by atoms with Crippen LogP contribution in [-0.4, -0.2) is 59.6 Å². The third kappa shape index (κ3) is 5.00. The Labute approximate surface area is 172 Å². The number of hydrogen-bond donors (Lipinski definition) is 2. The van der Waals surface area contributed by atoms with Gasteiger partial charge >= 0.3 is 0 Å². The van der Waals surface area contributed by atoms with Gasteiger partial charge in [0.15, 0.2) is 0 Å². The normalized spacial score (nSPS) is 22.1. The zero-order valence-electron chi connectivity index (χ0n) is 16.6. The van der Waals surface area contributed by atoms with Crippen molar-refractivity contribution in [2.24, 2.45) is 26.0 Å². The van der Waals surface area contributed by atoms with Gasteiger partial charge in [0.1, 0.15) is 11.6 Å². The number of nitrogens with zero attached hydrogens (tertiary/aromatic N) is 4. The first kappa shape index (κ1) is 21.0. The number of carbonyl (C=O) groups is 1. The molecule has 0 aromatic heterocycles. The SMILES string of the molecule is CCC=NC(=NC)C(=O)N1CCCC(COc2cccc3c2C(N)=NS(=O)N3)C1. The molecule has 0 spiro atoms. The number of likely N-dealkylation sites (tertiary alicyclic amines) is 1. The third-order valence-electron chi connectivity index (χ3n) is 4.74. The van der Waals surface area contributed by atoms with Gasteiger partial charge in [-0.25, -0.2) is 9.20 Å². The molecule has 0 bridgehead atoms. The molecular formula is C19H26N6O3S. The summed E-state index contributed by atoms with van der Waals surface area (Å²) in [5.74, 6) is 1.03. The van der Waals surface area contributed by atoms with Crippen molar-refractivity contribution in [2.45, 2.75) is 26.2 Å². The minimum atomic E-state index is -1.58.